The van der Waals surface area contributed by atoms with Gasteiger partial charge >= 0.3 is 0 Å². The van der Waals surface area contributed by atoms with Gasteiger partial charge in [0.25, 0.3) is 0 Å². The van der Waals surface area contributed by atoms with E-state index in [1.165, 1.54) is 52.0 Å². The Hall–Kier alpha value is -3.68. The molecule has 2 amide bonds. The van der Waals surface area contributed by atoms with Crippen LogP contribution in [0.3, 0.4) is 0 Å². The van der Waals surface area contributed by atoms with Crippen LogP contribution in [-0.2, 0) is 16.0 Å². The summed E-state index contributed by atoms with van der Waals surface area (Å²) in [5.74, 6) is 0.685. The first-order valence-corrected chi connectivity index (χ1v) is 14.6. The summed E-state index contributed by atoms with van der Waals surface area (Å²) < 4.78 is 7.27. The number of benzene rings is 3. The molecule has 2 aliphatic rings. The molecule has 0 spiro atoms. The number of likely N-dealkylation sites (tertiary alicyclic amines) is 1. The first kappa shape index (κ1) is 25.6. The van der Waals surface area contributed by atoms with Crippen molar-refractivity contribution in [1.29, 1.82) is 0 Å². The van der Waals surface area contributed by atoms with Crippen LogP contribution in [0.2, 0.25) is 0 Å². The number of anilines is 1. The molecule has 200 valence electrons. The standard InChI is InChI=1S/C32H33N3O3S/c36-30-16-15-28(34-30)32(37)33-24-11-9-23(10-12-24)31-27(26-5-1-2-6-29(26)39-31)21-22-7-13-25(14-8-22)38-20-19-35-17-3-4-18-35/h1-2,5-14,28H,3-4,15-21H2,(H,33,37)(H,34,36). The van der Waals surface area contributed by atoms with E-state index in [0.29, 0.717) is 12.8 Å². The maximum absolute atomic E-state index is 12.5. The van der Waals surface area contributed by atoms with E-state index in [9.17, 15) is 9.59 Å². The lowest BCUT2D eigenvalue weighted by Gasteiger charge is -2.15. The van der Waals surface area contributed by atoms with Crippen LogP contribution in [0.5, 0.6) is 5.75 Å². The van der Waals surface area contributed by atoms with Gasteiger partial charge in [-0.1, -0.05) is 42.5 Å². The topological polar surface area (TPSA) is 70.7 Å². The van der Waals surface area contributed by atoms with Gasteiger partial charge < -0.3 is 15.4 Å². The molecule has 4 aromatic rings. The van der Waals surface area contributed by atoms with E-state index in [1.807, 2.05) is 12.1 Å². The van der Waals surface area contributed by atoms with Crippen LogP contribution in [0.15, 0.2) is 72.8 Å². The zero-order chi connectivity index (χ0) is 26.6. The average Bonchev–Trinajstić information content (AvgIpc) is 3.71. The number of hydrogen-bond donors (Lipinski definition) is 2. The fourth-order valence-corrected chi connectivity index (χ4v) is 6.69. The summed E-state index contributed by atoms with van der Waals surface area (Å²) in [7, 11) is 0. The minimum Gasteiger partial charge on any atom is -0.492 e. The zero-order valence-electron chi connectivity index (χ0n) is 21.9. The normalized spacial score (nSPS) is 17.4. The van der Waals surface area contributed by atoms with Crippen LogP contribution in [-0.4, -0.2) is 49.0 Å². The van der Waals surface area contributed by atoms with E-state index < -0.39 is 6.04 Å². The number of amides is 2. The number of nitrogens with zero attached hydrogens (tertiary/aromatic N) is 1. The molecular formula is C32H33N3O3S. The summed E-state index contributed by atoms with van der Waals surface area (Å²) in [5, 5.41) is 6.93. The second kappa shape index (κ2) is 11.6. The van der Waals surface area contributed by atoms with Gasteiger partial charge in [0.05, 0.1) is 0 Å². The second-order valence-corrected chi connectivity index (χ2v) is 11.4. The predicted molar refractivity (Wildman–Crippen MR) is 157 cm³/mol. The van der Waals surface area contributed by atoms with E-state index in [0.717, 1.165) is 36.6 Å². The van der Waals surface area contributed by atoms with Crippen LogP contribution < -0.4 is 15.4 Å². The van der Waals surface area contributed by atoms with Crippen molar-refractivity contribution in [2.75, 3.05) is 31.6 Å². The molecule has 2 fully saturated rings. The SMILES string of the molecule is O=C1CCC(C(=O)Nc2ccc(-c3sc4ccccc4c3Cc3ccc(OCCN4CCCC4)cc3)cc2)N1. The molecular weight excluding hydrogens is 506 g/mol. The molecule has 3 heterocycles. The molecule has 3 aromatic carbocycles. The molecule has 1 unspecified atom stereocenters. The number of carbonyl (C=O) groups excluding carboxylic acids is 2. The lowest BCUT2D eigenvalue weighted by atomic mass is 9.99. The Morgan fingerprint density at radius 1 is 1.00 bits per heavy atom. The molecule has 7 heteroatoms. The van der Waals surface area contributed by atoms with Crippen molar-refractivity contribution in [2.45, 2.75) is 38.1 Å². The van der Waals surface area contributed by atoms with Gasteiger partial charge in [-0.15, -0.1) is 11.3 Å². The maximum atomic E-state index is 12.5. The summed E-state index contributed by atoms with van der Waals surface area (Å²) in [6.07, 6.45) is 4.37. The predicted octanol–water partition coefficient (Wildman–Crippen LogP) is 5.85. The Bertz CT molecular complexity index is 1460. The molecule has 0 saturated carbocycles. The monoisotopic (exact) mass is 539 g/mol. The lowest BCUT2D eigenvalue weighted by molar-refractivity contribution is -0.122. The van der Waals surface area contributed by atoms with Crippen molar-refractivity contribution < 1.29 is 14.3 Å². The van der Waals surface area contributed by atoms with Gasteiger partial charge in [-0.05, 0) is 91.2 Å². The third-order valence-electron chi connectivity index (χ3n) is 7.60. The Labute approximate surface area is 233 Å². The van der Waals surface area contributed by atoms with Crippen molar-refractivity contribution in [1.82, 2.24) is 10.2 Å². The average molecular weight is 540 g/mol. The molecule has 1 aromatic heterocycles. The number of fused-ring (bicyclic) bond motifs is 1. The van der Waals surface area contributed by atoms with Gasteiger partial charge in [-0.2, -0.15) is 0 Å². The van der Waals surface area contributed by atoms with E-state index in [2.05, 4.69) is 76.2 Å². The third kappa shape index (κ3) is 6.00. The zero-order valence-corrected chi connectivity index (χ0v) is 22.8. The van der Waals surface area contributed by atoms with Gasteiger partial charge in [0, 0.05) is 28.2 Å². The molecule has 0 bridgehead atoms. The first-order chi connectivity index (χ1) is 19.1. The highest BCUT2D eigenvalue weighted by molar-refractivity contribution is 7.22. The molecule has 0 aliphatic carbocycles. The summed E-state index contributed by atoms with van der Waals surface area (Å²) in [6, 6.07) is 24.6. The highest BCUT2D eigenvalue weighted by Gasteiger charge is 2.27. The molecule has 2 aliphatic heterocycles. The summed E-state index contributed by atoms with van der Waals surface area (Å²) in [6.45, 7) is 4.10. The molecule has 2 saturated heterocycles. The molecule has 1 atom stereocenters. The van der Waals surface area contributed by atoms with Gasteiger partial charge in [0.15, 0.2) is 0 Å². The Balaban J connectivity index is 1.16. The van der Waals surface area contributed by atoms with Crippen molar-refractivity contribution in [3.8, 4) is 16.2 Å². The molecule has 6 rings (SSSR count). The number of nitrogens with one attached hydrogen (secondary N) is 2. The van der Waals surface area contributed by atoms with Crippen molar-refractivity contribution in [3.63, 3.8) is 0 Å². The van der Waals surface area contributed by atoms with Gasteiger partial charge in [-0.25, -0.2) is 0 Å². The molecule has 2 N–H and O–H groups in total. The summed E-state index contributed by atoms with van der Waals surface area (Å²) >= 11 is 1.80. The van der Waals surface area contributed by atoms with Crippen LogP contribution in [0, 0.1) is 0 Å². The largest absolute Gasteiger partial charge is 0.492 e. The third-order valence-corrected chi connectivity index (χ3v) is 8.87. The summed E-state index contributed by atoms with van der Waals surface area (Å²) in [4.78, 5) is 27.7. The Kier molecular flexibility index (Phi) is 7.61. The van der Waals surface area contributed by atoms with E-state index in [4.69, 9.17) is 4.74 Å². The van der Waals surface area contributed by atoms with Crippen LogP contribution >= 0.6 is 11.3 Å². The number of thiophene rings is 1. The minimum atomic E-state index is -0.451. The van der Waals surface area contributed by atoms with Crippen molar-refractivity contribution >= 4 is 38.9 Å². The smallest absolute Gasteiger partial charge is 0.246 e. The van der Waals surface area contributed by atoms with Gasteiger partial charge in [0.2, 0.25) is 11.8 Å². The molecule has 39 heavy (non-hydrogen) atoms. The minimum absolute atomic E-state index is 0.0672. The van der Waals surface area contributed by atoms with Crippen molar-refractivity contribution in [2.24, 2.45) is 0 Å². The van der Waals surface area contributed by atoms with E-state index in [1.54, 1.807) is 11.3 Å². The number of carbonyl (C=O) groups is 2. The summed E-state index contributed by atoms with van der Waals surface area (Å²) in [5.41, 5.74) is 4.41. The van der Waals surface area contributed by atoms with Crippen molar-refractivity contribution in [3.05, 3.63) is 83.9 Å². The van der Waals surface area contributed by atoms with Gasteiger partial charge in [0.1, 0.15) is 18.4 Å². The molecule has 0 radical (unpaired) electrons. The van der Waals surface area contributed by atoms with E-state index >= 15 is 0 Å². The Morgan fingerprint density at radius 2 is 1.77 bits per heavy atom. The quantitative estimate of drug-likeness (QED) is 0.280. The second-order valence-electron chi connectivity index (χ2n) is 10.3. The highest BCUT2D eigenvalue weighted by atomic mass is 32.1. The highest BCUT2D eigenvalue weighted by Crippen LogP contribution is 2.40. The number of hydrogen-bond acceptors (Lipinski definition) is 5. The fourth-order valence-electron chi connectivity index (χ4n) is 5.46. The Morgan fingerprint density at radius 3 is 2.51 bits per heavy atom. The lowest BCUT2D eigenvalue weighted by Crippen LogP contribution is -2.37. The van der Waals surface area contributed by atoms with Crippen LogP contribution in [0.1, 0.15) is 36.8 Å². The maximum Gasteiger partial charge on any atom is 0.246 e. The van der Waals surface area contributed by atoms with Crippen LogP contribution in [0.25, 0.3) is 20.5 Å². The fraction of sp³-hybridized carbons (Fsp3) is 0.312. The molecule has 6 nitrogen and oxygen atoms in total. The first-order valence-electron chi connectivity index (χ1n) is 13.8. The van der Waals surface area contributed by atoms with Gasteiger partial charge in [-0.3, -0.25) is 14.5 Å². The number of ether oxygens (including phenoxy) is 1. The number of rotatable bonds is 9. The van der Waals surface area contributed by atoms with Crippen LogP contribution in [0.4, 0.5) is 5.69 Å². The van der Waals surface area contributed by atoms with E-state index in [-0.39, 0.29) is 11.8 Å².